The molecular weight excluding hydrogens is 164 g/mol. The molecule has 60 valence electrons. The maximum Gasteiger partial charge on any atom is 0.312 e. The first kappa shape index (κ1) is 6.31. The molecule has 0 aliphatic carbocycles. The highest BCUT2D eigenvalue weighted by Gasteiger charge is 2.62. The summed E-state index contributed by atoms with van der Waals surface area (Å²) in [6, 6.07) is 0. The van der Waals surface area contributed by atoms with Crippen LogP contribution in [0.1, 0.15) is 6.42 Å². The summed E-state index contributed by atoms with van der Waals surface area (Å²) in [6.45, 7) is 0. The van der Waals surface area contributed by atoms with Gasteiger partial charge in [-0.15, -0.1) is 0 Å². The van der Waals surface area contributed by atoms with E-state index in [4.69, 9.17) is 9.47 Å². The molecule has 3 heterocycles. The molecule has 0 aromatic rings. The number of fused-ring (bicyclic) bond motifs is 1. The minimum atomic E-state index is -0.0842. The topological polar surface area (TPSA) is 35.5 Å². The number of hydrogen-bond acceptors (Lipinski definition) is 4. The summed E-state index contributed by atoms with van der Waals surface area (Å²) in [4.78, 5) is 11.1. The Bertz CT molecular complexity index is 230. The number of rotatable bonds is 0. The third kappa shape index (κ3) is 0.586. The maximum absolute atomic E-state index is 11.1. The van der Waals surface area contributed by atoms with E-state index >= 15 is 0 Å². The Morgan fingerprint density at radius 2 is 2.27 bits per heavy atom. The van der Waals surface area contributed by atoms with E-state index in [1.54, 1.807) is 0 Å². The highest BCUT2D eigenvalue weighted by atomic mass is 32.1. The molecule has 5 unspecified atom stereocenters. The van der Waals surface area contributed by atoms with Crippen LogP contribution in [0.25, 0.3) is 0 Å². The van der Waals surface area contributed by atoms with E-state index in [2.05, 4.69) is 12.6 Å². The number of ether oxygens (including phenoxy) is 2. The smallest absolute Gasteiger partial charge is 0.312 e. The lowest BCUT2D eigenvalue weighted by molar-refractivity contribution is -0.143. The van der Waals surface area contributed by atoms with Crippen molar-refractivity contribution in [2.45, 2.75) is 30.0 Å². The average molecular weight is 172 g/mol. The summed E-state index contributed by atoms with van der Waals surface area (Å²) in [6.07, 6.45) is 0.933. The van der Waals surface area contributed by atoms with Gasteiger partial charge in [0, 0.05) is 0 Å². The first-order valence-corrected chi connectivity index (χ1v) is 4.33. The molecule has 3 saturated heterocycles. The zero-order valence-electron chi connectivity index (χ0n) is 5.77. The van der Waals surface area contributed by atoms with Crippen molar-refractivity contribution < 1.29 is 14.3 Å². The molecule has 0 N–H and O–H groups in total. The van der Waals surface area contributed by atoms with Crippen LogP contribution in [0.4, 0.5) is 0 Å². The van der Waals surface area contributed by atoms with Crippen LogP contribution in [0, 0.1) is 5.92 Å². The van der Waals surface area contributed by atoms with Crippen LogP contribution in [-0.2, 0) is 14.3 Å². The SMILES string of the molecule is O=C1OC2C(S)C3CC1C2O3. The van der Waals surface area contributed by atoms with Crippen LogP contribution in [0.15, 0.2) is 0 Å². The van der Waals surface area contributed by atoms with E-state index in [1.807, 2.05) is 0 Å². The average Bonchev–Trinajstić information content (AvgIpc) is 2.53. The van der Waals surface area contributed by atoms with E-state index in [-0.39, 0.29) is 35.4 Å². The van der Waals surface area contributed by atoms with Crippen molar-refractivity contribution in [2.24, 2.45) is 5.92 Å². The van der Waals surface area contributed by atoms with E-state index in [0.29, 0.717) is 0 Å². The van der Waals surface area contributed by atoms with Crippen molar-refractivity contribution >= 4 is 18.6 Å². The second kappa shape index (κ2) is 1.75. The molecule has 0 spiro atoms. The van der Waals surface area contributed by atoms with Crippen molar-refractivity contribution in [2.75, 3.05) is 0 Å². The van der Waals surface area contributed by atoms with Gasteiger partial charge < -0.3 is 9.47 Å². The number of esters is 1. The molecule has 3 nitrogen and oxygen atoms in total. The van der Waals surface area contributed by atoms with Crippen LogP contribution in [0.3, 0.4) is 0 Å². The molecule has 0 aromatic carbocycles. The summed E-state index contributed by atoms with van der Waals surface area (Å²) in [7, 11) is 0. The van der Waals surface area contributed by atoms with E-state index in [9.17, 15) is 4.79 Å². The minimum Gasteiger partial charge on any atom is -0.458 e. The molecule has 3 rings (SSSR count). The molecule has 3 fully saturated rings. The van der Waals surface area contributed by atoms with Crippen molar-refractivity contribution in [1.29, 1.82) is 0 Å². The summed E-state index contributed by atoms with van der Waals surface area (Å²) in [5.41, 5.74) is 0. The van der Waals surface area contributed by atoms with Gasteiger partial charge in [0.15, 0.2) is 0 Å². The summed E-state index contributed by atoms with van der Waals surface area (Å²) >= 11 is 4.34. The van der Waals surface area contributed by atoms with Gasteiger partial charge in [-0.05, 0) is 6.42 Å². The molecule has 0 amide bonds. The molecule has 11 heavy (non-hydrogen) atoms. The zero-order valence-corrected chi connectivity index (χ0v) is 6.66. The Kier molecular flexibility index (Phi) is 1.00. The van der Waals surface area contributed by atoms with Gasteiger partial charge in [0.25, 0.3) is 0 Å². The predicted molar refractivity (Wildman–Crippen MR) is 39.4 cm³/mol. The Labute approximate surface area is 69.5 Å². The van der Waals surface area contributed by atoms with E-state index in [0.717, 1.165) is 6.42 Å². The Morgan fingerprint density at radius 3 is 2.91 bits per heavy atom. The van der Waals surface area contributed by atoms with Crippen LogP contribution in [0.5, 0.6) is 0 Å². The van der Waals surface area contributed by atoms with Crippen molar-refractivity contribution in [3.8, 4) is 0 Å². The molecule has 2 bridgehead atoms. The van der Waals surface area contributed by atoms with Crippen LogP contribution in [0.2, 0.25) is 0 Å². The molecule has 5 atom stereocenters. The normalized spacial score (nSPS) is 58.6. The van der Waals surface area contributed by atoms with Gasteiger partial charge in [-0.1, -0.05) is 0 Å². The van der Waals surface area contributed by atoms with Gasteiger partial charge in [-0.2, -0.15) is 12.6 Å². The molecule has 0 radical (unpaired) electrons. The lowest BCUT2D eigenvalue weighted by atomic mass is 9.90. The summed E-state index contributed by atoms with van der Waals surface area (Å²) < 4.78 is 10.6. The largest absolute Gasteiger partial charge is 0.458 e. The Hall–Kier alpha value is -0.220. The highest BCUT2D eigenvalue weighted by molar-refractivity contribution is 7.81. The molecule has 3 aliphatic rings. The maximum atomic E-state index is 11.1. The number of thiol groups is 1. The molecule has 4 heteroatoms. The minimum absolute atomic E-state index is 0.0217. The van der Waals surface area contributed by atoms with Gasteiger partial charge in [0.1, 0.15) is 12.2 Å². The molecular formula is C7H8O3S. The number of carbonyl (C=O) groups is 1. The van der Waals surface area contributed by atoms with Gasteiger partial charge in [0.2, 0.25) is 0 Å². The van der Waals surface area contributed by atoms with Gasteiger partial charge >= 0.3 is 5.97 Å². The third-order valence-electron chi connectivity index (χ3n) is 2.81. The van der Waals surface area contributed by atoms with Gasteiger partial charge in [-0.25, -0.2) is 0 Å². The fourth-order valence-corrected chi connectivity index (χ4v) is 2.68. The van der Waals surface area contributed by atoms with E-state index < -0.39 is 0 Å². The fourth-order valence-electron chi connectivity index (χ4n) is 2.26. The van der Waals surface area contributed by atoms with Crippen molar-refractivity contribution in [3.63, 3.8) is 0 Å². The van der Waals surface area contributed by atoms with Crippen LogP contribution < -0.4 is 0 Å². The second-order valence-electron chi connectivity index (χ2n) is 3.37. The quantitative estimate of drug-likeness (QED) is 0.412. The van der Waals surface area contributed by atoms with Crippen molar-refractivity contribution in [1.82, 2.24) is 0 Å². The van der Waals surface area contributed by atoms with Gasteiger partial charge in [-0.3, -0.25) is 4.79 Å². The summed E-state index contributed by atoms with van der Waals surface area (Å²) in [5.74, 6) is -0.0625. The first-order chi connectivity index (χ1) is 5.27. The van der Waals surface area contributed by atoms with Crippen molar-refractivity contribution in [3.05, 3.63) is 0 Å². The van der Waals surface area contributed by atoms with E-state index in [1.165, 1.54) is 0 Å². The van der Waals surface area contributed by atoms with Crippen LogP contribution in [-0.4, -0.2) is 29.5 Å². The molecule has 3 aliphatic heterocycles. The lowest BCUT2D eigenvalue weighted by Gasteiger charge is -2.15. The monoisotopic (exact) mass is 172 g/mol. The first-order valence-electron chi connectivity index (χ1n) is 3.81. The van der Waals surface area contributed by atoms with Gasteiger partial charge in [0.05, 0.1) is 17.3 Å². The number of carbonyl (C=O) groups excluding carboxylic acids is 1. The molecule has 0 aromatic heterocycles. The number of hydrogen-bond donors (Lipinski definition) is 1. The second-order valence-corrected chi connectivity index (χ2v) is 3.97. The lowest BCUT2D eigenvalue weighted by Crippen LogP contribution is -2.32. The summed E-state index contributed by atoms with van der Waals surface area (Å²) in [5, 5.41) is 0.114. The Morgan fingerprint density at radius 1 is 1.45 bits per heavy atom. The van der Waals surface area contributed by atoms with Crippen LogP contribution >= 0.6 is 12.6 Å². The highest BCUT2D eigenvalue weighted by Crippen LogP contribution is 2.47. The fraction of sp³-hybridized carbons (Fsp3) is 0.857. The zero-order chi connectivity index (χ0) is 7.59. The standard InChI is InChI=1S/C7H8O3S/c8-7-2-1-3-6(11)5(10-7)4(2)9-3/h2-6,11H,1H2. The Balaban J connectivity index is 2.04. The predicted octanol–water partition coefficient (Wildman–Crippen LogP) is -0.00250. The third-order valence-corrected chi connectivity index (χ3v) is 3.44. The molecule has 0 saturated carbocycles.